The minimum Gasteiger partial charge on any atom is -0.290 e. The van der Waals surface area contributed by atoms with Gasteiger partial charge in [0.2, 0.25) is 0 Å². The molecule has 0 aliphatic heterocycles. The van der Waals surface area contributed by atoms with Crippen LogP contribution in [-0.4, -0.2) is 42.8 Å². The van der Waals surface area contributed by atoms with Gasteiger partial charge in [-0.25, -0.2) is 0 Å². The monoisotopic (exact) mass is 705 g/mol. The number of rotatable bonds is 27. The first kappa shape index (κ1) is 41.3. The SMILES string of the molecule is CCCCCc1ccnc(CN(CCN(Cc2cc(CCCCC)ccn2)Cc2cc(CCCCC)ccn2)Cc2cc(CCCCC)ccn2)c1. The quantitative estimate of drug-likeness (QED) is 0.0576. The van der Waals surface area contributed by atoms with Crippen molar-refractivity contribution >= 4 is 0 Å². The number of hydrogen-bond donors (Lipinski definition) is 0. The molecule has 0 aromatic carbocycles. The van der Waals surface area contributed by atoms with E-state index < -0.39 is 0 Å². The van der Waals surface area contributed by atoms with Crippen LogP contribution < -0.4 is 0 Å². The van der Waals surface area contributed by atoms with Gasteiger partial charge in [-0.2, -0.15) is 0 Å². The van der Waals surface area contributed by atoms with E-state index in [1.54, 1.807) is 0 Å². The van der Waals surface area contributed by atoms with Crippen molar-refractivity contribution in [3.05, 3.63) is 118 Å². The van der Waals surface area contributed by atoms with Crippen LogP contribution in [0.3, 0.4) is 0 Å². The van der Waals surface area contributed by atoms with E-state index in [1.807, 2.05) is 24.8 Å². The highest BCUT2D eigenvalue weighted by Gasteiger charge is 2.16. The van der Waals surface area contributed by atoms with Gasteiger partial charge < -0.3 is 0 Å². The lowest BCUT2D eigenvalue weighted by molar-refractivity contribution is 0.178. The third-order valence-electron chi connectivity index (χ3n) is 10.1. The van der Waals surface area contributed by atoms with Gasteiger partial charge in [-0.05, 0) is 122 Å². The fourth-order valence-electron chi connectivity index (χ4n) is 7.02. The molecule has 0 unspecified atom stereocenters. The second-order valence-corrected chi connectivity index (χ2v) is 14.9. The van der Waals surface area contributed by atoms with Crippen LogP contribution in [0.4, 0.5) is 0 Å². The molecule has 0 amide bonds. The Morgan fingerprint density at radius 2 is 0.615 bits per heavy atom. The van der Waals surface area contributed by atoms with Crippen molar-refractivity contribution in [3.8, 4) is 0 Å². The van der Waals surface area contributed by atoms with Crippen molar-refractivity contribution in [3.63, 3.8) is 0 Å². The Kier molecular flexibility index (Phi) is 19.6. The lowest BCUT2D eigenvalue weighted by Gasteiger charge is -2.28. The summed E-state index contributed by atoms with van der Waals surface area (Å²) < 4.78 is 0. The van der Waals surface area contributed by atoms with E-state index in [1.165, 1.54) is 99.3 Å². The maximum Gasteiger partial charge on any atom is 0.0546 e. The van der Waals surface area contributed by atoms with Crippen molar-refractivity contribution in [2.24, 2.45) is 0 Å². The van der Waals surface area contributed by atoms with Gasteiger partial charge in [-0.15, -0.1) is 0 Å². The smallest absolute Gasteiger partial charge is 0.0546 e. The molecular formula is C46H68N6. The van der Waals surface area contributed by atoms with Crippen LogP contribution in [0.15, 0.2) is 73.3 Å². The molecule has 0 saturated heterocycles. The van der Waals surface area contributed by atoms with Crippen molar-refractivity contribution in [1.82, 2.24) is 29.7 Å². The first-order chi connectivity index (χ1) is 25.6. The van der Waals surface area contributed by atoms with Gasteiger partial charge >= 0.3 is 0 Å². The molecule has 4 heterocycles. The normalized spacial score (nSPS) is 11.6. The number of aromatic nitrogens is 4. The Morgan fingerprint density at radius 1 is 0.365 bits per heavy atom. The van der Waals surface area contributed by atoms with E-state index in [-0.39, 0.29) is 0 Å². The average molecular weight is 705 g/mol. The molecule has 282 valence electrons. The molecule has 6 heteroatoms. The predicted molar refractivity (Wildman–Crippen MR) is 218 cm³/mol. The van der Waals surface area contributed by atoms with Crippen LogP contribution in [0.1, 0.15) is 150 Å². The summed E-state index contributed by atoms with van der Waals surface area (Å²) in [6, 6.07) is 18.1. The van der Waals surface area contributed by atoms with Gasteiger partial charge in [0.05, 0.1) is 22.8 Å². The Labute approximate surface area is 316 Å². The molecule has 4 aromatic heterocycles. The fraction of sp³-hybridized carbons (Fsp3) is 0.565. The zero-order valence-electron chi connectivity index (χ0n) is 33.2. The Hall–Kier alpha value is -3.48. The van der Waals surface area contributed by atoms with Crippen LogP contribution in [0.5, 0.6) is 0 Å². The molecule has 6 nitrogen and oxygen atoms in total. The summed E-state index contributed by atoms with van der Waals surface area (Å²) in [6.45, 7) is 14.1. The van der Waals surface area contributed by atoms with Crippen LogP contribution in [0.25, 0.3) is 0 Å². The van der Waals surface area contributed by atoms with Gasteiger partial charge in [0, 0.05) is 64.1 Å². The number of hydrogen-bond acceptors (Lipinski definition) is 6. The van der Waals surface area contributed by atoms with Crippen molar-refractivity contribution in [2.75, 3.05) is 13.1 Å². The molecule has 0 spiro atoms. The summed E-state index contributed by atoms with van der Waals surface area (Å²) in [6.07, 6.45) is 27.5. The molecule has 0 fully saturated rings. The molecule has 0 aliphatic carbocycles. The van der Waals surface area contributed by atoms with E-state index in [9.17, 15) is 0 Å². The standard InChI is InChI=1S/C46H68N6/c1-5-9-13-17-39-21-25-47-43(31-39)35-51(36-44-32-40(22-26-48-44)18-14-10-6-2)29-30-52(37-45-33-41(23-27-49-45)19-15-11-7-3)38-46-34-42(24-28-50-46)20-16-12-8-4/h21-28,31-34H,5-20,29-30,35-38H2,1-4H3. The molecule has 0 N–H and O–H groups in total. The van der Waals surface area contributed by atoms with Crippen molar-refractivity contribution < 1.29 is 0 Å². The maximum atomic E-state index is 4.86. The largest absolute Gasteiger partial charge is 0.290 e. The second-order valence-electron chi connectivity index (χ2n) is 14.9. The van der Waals surface area contributed by atoms with Gasteiger partial charge in [-0.1, -0.05) is 79.1 Å². The average Bonchev–Trinajstić information content (AvgIpc) is 3.15. The molecule has 0 atom stereocenters. The fourth-order valence-corrected chi connectivity index (χ4v) is 7.02. The molecular weight excluding hydrogens is 637 g/mol. The highest BCUT2D eigenvalue weighted by atomic mass is 15.2. The first-order valence-corrected chi connectivity index (χ1v) is 20.8. The van der Waals surface area contributed by atoms with Crippen LogP contribution in [0.2, 0.25) is 0 Å². The van der Waals surface area contributed by atoms with E-state index in [4.69, 9.17) is 19.9 Å². The Balaban J connectivity index is 1.56. The topological polar surface area (TPSA) is 58.0 Å². The molecule has 4 rings (SSSR count). The summed E-state index contributed by atoms with van der Waals surface area (Å²) in [5, 5.41) is 0. The van der Waals surface area contributed by atoms with E-state index in [0.717, 1.165) is 87.7 Å². The third kappa shape index (κ3) is 16.0. The van der Waals surface area contributed by atoms with E-state index in [2.05, 4.69) is 86.0 Å². The number of unbranched alkanes of at least 4 members (excludes halogenated alkanes) is 8. The molecule has 0 aliphatic rings. The summed E-state index contributed by atoms with van der Waals surface area (Å²) in [5.41, 5.74) is 10.1. The zero-order valence-corrected chi connectivity index (χ0v) is 33.2. The van der Waals surface area contributed by atoms with Gasteiger partial charge in [0.15, 0.2) is 0 Å². The number of nitrogens with zero attached hydrogens (tertiary/aromatic N) is 6. The van der Waals surface area contributed by atoms with Crippen molar-refractivity contribution in [2.45, 2.75) is 157 Å². The minimum absolute atomic E-state index is 0.799. The van der Waals surface area contributed by atoms with Crippen LogP contribution in [-0.2, 0) is 51.9 Å². The highest BCUT2D eigenvalue weighted by Crippen LogP contribution is 2.17. The third-order valence-corrected chi connectivity index (χ3v) is 10.1. The van der Waals surface area contributed by atoms with Gasteiger partial charge in [-0.3, -0.25) is 29.7 Å². The molecule has 52 heavy (non-hydrogen) atoms. The Bertz CT molecular complexity index is 1310. The summed E-state index contributed by atoms with van der Waals surface area (Å²) >= 11 is 0. The van der Waals surface area contributed by atoms with E-state index >= 15 is 0 Å². The first-order valence-electron chi connectivity index (χ1n) is 20.8. The number of pyridine rings is 4. The van der Waals surface area contributed by atoms with Gasteiger partial charge in [0.1, 0.15) is 0 Å². The van der Waals surface area contributed by atoms with Crippen LogP contribution in [0, 0.1) is 0 Å². The van der Waals surface area contributed by atoms with E-state index in [0.29, 0.717) is 0 Å². The molecule has 0 bridgehead atoms. The molecule has 0 radical (unpaired) electrons. The predicted octanol–water partition coefficient (Wildman–Crippen LogP) is 10.9. The highest BCUT2D eigenvalue weighted by molar-refractivity contribution is 5.20. The van der Waals surface area contributed by atoms with Crippen LogP contribution >= 0.6 is 0 Å². The summed E-state index contributed by atoms with van der Waals surface area (Å²) in [7, 11) is 0. The number of aryl methyl sites for hydroxylation is 4. The van der Waals surface area contributed by atoms with Gasteiger partial charge in [0.25, 0.3) is 0 Å². The molecule has 4 aromatic rings. The summed E-state index contributed by atoms with van der Waals surface area (Å²) in [5.74, 6) is 0. The molecule has 0 saturated carbocycles. The summed E-state index contributed by atoms with van der Waals surface area (Å²) in [4.78, 5) is 24.6. The Morgan fingerprint density at radius 3 is 0.846 bits per heavy atom. The minimum atomic E-state index is 0.799. The lowest BCUT2D eigenvalue weighted by Crippen LogP contribution is -2.35. The maximum absolute atomic E-state index is 4.86. The van der Waals surface area contributed by atoms with Crippen molar-refractivity contribution in [1.29, 1.82) is 0 Å². The second kappa shape index (κ2) is 24.7. The lowest BCUT2D eigenvalue weighted by atomic mass is 10.1. The zero-order chi connectivity index (χ0) is 36.6.